The number of carbonyl (C=O) groups excluding carboxylic acids is 1. The van der Waals surface area contributed by atoms with E-state index in [0.717, 1.165) is 11.1 Å². The Labute approximate surface area is 111 Å². The number of para-hydroxylation sites is 1. The molecule has 0 bridgehead atoms. The van der Waals surface area contributed by atoms with E-state index in [9.17, 15) is 9.59 Å². The van der Waals surface area contributed by atoms with E-state index in [2.05, 4.69) is 10.6 Å². The molecule has 1 unspecified atom stereocenters. The monoisotopic (exact) mass is 266 g/mol. The van der Waals surface area contributed by atoms with Gasteiger partial charge in [0.15, 0.2) is 6.04 Å². The van der Waals surface area contributed by atoms with Gasteiger partial charge in [0, 0.05) is 12.8 Å². The molecular weight excluding hydrogens is 248 g/mol. The van der Waals surface area contributed by atoms with Crippen LogP contribution in [0.5, 0.6) is 0 Å². The van der Waals surface area contributed by atoms with Gasteiger partial charge in [-0.1, -0.05) is 18.2 Å². The van der Waals surface area contributed by atoms with Gasteiger partial charge in [0.05, 0.1) is 6.61 Å². The summed E-state index contributed by atoms with van der Waals surface area (Å²) in [5, 5.41) is 13.9. The van der Waals surface area contributed by atoms with Crippen LogP contribution in [0.25, 0.3) is 0 Å². The topological polar surface area (TPSA) is 87.7 Å². The summed E-state index contributed by atoms with van der Waals surface area (Å²) in [6, 6.07) is 3.98. The number of hydrogen-bond acceptors (Lipinski definition) is 3. The third-order valence-electron chi connectivity index (χ3n) is 2.66. The van der Waals surface area contributed by atoms with E-state index >= 15 is 0 Å². The van der Waals surface area contributed by atoms with Crippen LogP contribution >= 0.6 is 0 Å². The number of aliphatic carboxylic acids is 1. The van der Waals surface area contributed by atoms with Crippen LogP contribution in [-0.4, -0.2) is 36.9 Å². The Kier molecular flexibility index (Phi) is 5.32. The van der Waals surface area contributed by atoms with Gasteiger partial charge in [0.25, 0.3) is 0 Å². The van der Waals surface area contributed by atoms with Crippen LogP contribution in [0, 0.1) is 13.8 Å². The largest absolute Gasteiger partial charge is 0.480 e. The summed E-state index contributed by atoms with van der Waals surface area (Å²) in [5.41, 5.74) is 2.50. The maximum Gasteiger partial charge on any atom is 0.328 e. The molecule has 0 aromatic heterocycles. The van der Waals surface area contributed by atoms with Crippen LogP contribution in [0.1, 0.15) is 11.1 Å². The van der Waals surface area contributed by atoms with Gasteiger partial charge in [0.1, 0.15) is 0 Å². The fourth-order valence-corrected chi connectivity index (χ4v) is 1.66. The second-order valence-corrected chi connectivity index (χ2v) is 4.21. The van der Waals surface area contributed by atoms with Crippen molar-refractivity contribution in [1.29, 1.82) is 0 Å². The number of hydrogen-bond donors (Lipinski definition) is 3. The number of urea groups is 1. The highest BCUT2D eigenvalue weighted by Gasteiger charge is 2.20. The molecule has 1 aromatic rings. The lowest BCUT2D eigenvalue weighted by Gasteiger charge is -2.16. The summed E-state index contributed by atoms with van der Waals surface area (Å²) in [6.45, 7) is 3.65. The number of benzene rings is 1. The number of anilines is 1. The van der Waals surface area contributed by atoms with Crippen molar-refractivity contribution in [2.75, 3.05) is 19.0 Å². The highest BCUT2D eigenvalue weighted by Crippen LogP contribution is 2.19. The molecule has 0 aliphatic rings. The lowest BCUT2D eigenvalue weighted by Crippen LogP contribution is -2.45. The Balaban J connectivity index is 2.72. The molecule has 1 atom stereocenters. The second kappa shape index (κ2) is 6.75. The van der Waals surface area contributed by atoms with E-state index in [1.807, 2.05) is 32.0 Å². The molecule has 0 saturated carbocycles. The Morgan fingerprint density at radius 3 is 2.37 bits per heavy atom. The van der Waals surface area contributed by atoms with E-state index in [-0.39, 0.29) is 6.61 Å². The smallest absolute Gasteiger partial charge is 0.328 e. The predicted octanol–water partition coefficient (Wildman–Crippen LogP) is 1.52. The zero-order valence-corrected chi connectivity index (χ0v) is 11.2. The Hall–Kier alpha value is -2.08. The van der Waals surface area contributed by atoms with E-state index in [1.54, 1.807) is 0 Å². The number of rotatable bonds is 5. The summed E-state index contributed by atoms with van der Waals surface area (Å²) in [6.07, 6.45) is 0. The van der Waals surface area contributed by atoms with Crippen molar-refractivity contribution in [3.8, 4) is 0 Å². The quantitative estimate of drug-likeness (QED) is 0.754. The molecule has 19 heavy (non-hydrogen) atoms. The summed E-state index contributed by atoms with van der Waals surface area (Å²) in [5.74, 6) is -1.14. The third kappa shape index (κ3) is 4.26. The van der Waals surface area contributed by atoms with Crippen molar-refractivity contribution < 1.29 is 19.4 Å². The van der Waals surface area contributed by atoms with Gasteiger partial charge in [-0.05, 0) is 25.0 Å². The van der Waals surface area contributed by atoms with Gasteiger partial charge in [-0.3, -0.25) is 0 Å². The predicted molar refractivity (Wildman–Crippen MR) is 71.4 cm³/mol. The zero-order valence-electron chi connectivity index (χ0n) is 11.2. The van der Waals surface area contributed by atoms with Crippen LogP contribution in [0.4, 0.5) is 10.5 Å². The van der Waals surface area contributed by atoms with Crippen LogP contribution < -0.4 is 10.6 Å². The molecule has 6 heteroatoms. The number of methoxy groups -OCH3 is 1. The number of amides is 2. The first-order valence-electron chi connectivity index (χ1n) is 5.81. The van der Waals surface area contributed by atoms with Crippen molar-refractivity contribution in [1.82, 2.24) is 5.32 Å². The standard InChI is InChI=1S/C13H18N2O4/c1-8-5-4-6-9(2)11(8)15-13(18)14-10(7-19-3)12(16)17/h4-6,10H,7H2,1-3H3,(H,16,17)(H2,14,15,18). The molecule has 0 fully saturated rings. The summed E-state index contributed by atoms with van der Waals surface area (Å²) in [4.78, 5) is 22.7. The molecule has 0 radical (unpaired) electrons. The first-order chi connectivity index (χ1) is 8.95. The minimum absolute atomic E-state index is 0.0878. The number of nitrogens with one attached hydrogen (secondary N) is 2. The molecule has 2 amide bonds. The van der Waals surface area contributed by atoms with Crippen molar-refractivity contribution >= 4 is 17.7 Å². The lowest BCUT2D eigenvalue weighted by atomic mass is 10.1. The van der Waals surface area contributed by atoms with E-state index in [1.165, 1.54) is 7.11 Å². The summed E-state index contributed by atoms with van der Waals surface area (Å²) < 4.78 is 4.74. The normalized spacial score (nSPS) is 11.7. The summed E-state index contributed by atoms with van der Waals surface area (Å²) in [7, 11) is 1.38. The van der Waals surface area contributed by atoms with Crippen LogP contribution in [0.3, 0.4) is 0 Å². The molecule has 0 aliphatic heterocycles. The SMILES string of the molecule is COCC(NC(=O)Nc1c(C)cccc1C)C(=O)O. The van der Waals surface area contributed by atoms with E-state index in [0.29, 0.717) is 5.69 Å². The zero-order chi connectivity index (χ0) is 14.4. The van der Waals surface area contributed by atoms with Gasteiger partial charge in [-0.2, -0.15) is 0 Å². The van der Waals surface area contributed by atoms with Crippen molar-refractivity contribution in [3.63, 3.8) is 0 Å². The number of ether oxygens (including phenoxy) is 1. The fraction of sp³-hybridized carbons (Fsp3) is 0.385. The molecular formula is C13H18N2O4. The molecule has 0 spiro atoms. The van der Waals surface area contributed by atoms with Crippen LogP contribution in [-0.2, 0) is 9.53 Å². The maximum atomic E-state index is 11.8. The molecule has 3 N–H and O–H groups in total. The van der Waals surface area contributed by atoms with Gasteiger partial charge >= 0.3 is 12.0 Å². The van der Waals surface area contributed by atoms with Crippen molar-refractivity contribution in [3.05, 3.63) is 29.3 Å². The molecule has 1 aromatic carbocycles. The Morgan fingerprint density at radius 1 is 1.32 bits per heavy atom. The van der Waals surface area contributed by atoms with Crippen molar-refractivity contribution in [2.45, 2.75) is 19.9 Å². The minimum Gasteiger partial charge on any atom is -0.480 e. The fourth-order valence-electron chi connectivity index (χ4n) is 1.66. The first-order valence-corrected chi connectivity index (χ1v) is 5.81. The molecule has 0 aliphatic carbocycles. The van der Waals surface area contributed by atoms with Gasteiger partial charge in [-0.15, -0.1) is 0 Å². The van der Waals surface area contributed by atoms with Gasteiger partial charge < -0.3 is 20.5 Å². The first kappa shape index (κ1) is 15.0. The van der Waals surface area contributed by atoms with Crippen LogP contribution in [0.15, 0.2) is 18.2 Å². The van der Waals surface area contributed by atoms with Crippen LogP contribution in [0.2, 0.25) is 0 Å². The number of carboxylic acids is 1. The molecule has 0 heterocycles. The number of carbonyl (C=O) groups is 2. The van der Waals surface area contributed by atoms with E-state index < -0.39 is 18.0 Å². The number of aryl methyl sites for hydroxylation is 2. The van der Waals surface area contributed by atoms with Gasteiger partial charge in [0.2, 0.25) is 0 Å². The summed E-state index contributed by atoms with van der Waals surface area (Å²) >= 11 is 0. The second-order valence-electron chi connectivity index (χ2n) is 4.21. The average molecular weight is 266 g/mol. The number of carboxylic acid groups (broad SMARTS) is 1. The molecule has 104 valence electrons. The van der Waals surface area contributed by atoms with E-state index in [4.69, 9.17) is 9.84 Å². The molecule has 1 rings (SSSR count). The highest BCUT2D eigenvalue weighted by atomic mass is 16.5. The van der Waals surface area contributed by atoms with Crippen molar-refractivity contribution in [2.24, 2.45) is 0 Å². The van der Waals surface area contributed by atoms with Gasteiger partial charge in [-0.25, -0.2) is 9.59 Å². The minimum atomic E-state index is -1.14. The third-order valence-corrected chi connectivity index (χ3v) is 2.66. The maximum absolute atomic E-state index is 11.8. The Bertz CT molecular complexity index is 453. The Morgan fingerprint density at radius 2 is 1.89 bits per heavy atom. The highest BCUT2D eigenvalue weighted by molar-refractivity contribution is 5.93. The average Bonchev–Trinajstić information content (AvgIpc) is 2.33. The molecule has 6 nitrogen and oxygen atoms in total. The lowest BCUT2D eigenvalue weighted by molar-refractivity contribution is -0.140. The molecule has 0 saturated heterocycles.